The van der Waals surface area contributed by atoms with Crippen LogP contribution in [0.15, 0.2) is 63.8 Å². The van der Waals surface area contributed by atoms with E-state index in [1.807, 2.05) is 12.1 Å². The van der Waals surface area contributed by atoms with Crippen LogP contribution in [0.25, 0.3) is 11.0 Å². The first-order valence-electron chi connectivity index (χ1n) is 12.4. The summed E-state index contributed by atoms with van der Waals surface area (Å²) in [6, 6.07) is 17.9. The Bertz CT molecular complexity index is 1100. The molecular weight excluding hydrogens is 414 g/mol. The Balaban J connectivity index is 1.16. The lowest BCUT2D eigenvalue weighted by atomic mass is 9.89. The van der Waals surface area contributed by atoms with Crippen LogP contribution >= 0.6 is 0 Å². The zero-order valence-electron chi connectivity index (χ0n) is 19.2. The lowest BCUT2D eigenvalue weighted by Crippen LogP contribution is -2.34. The highest BCUT2D eigenvalue weighted by Gasteiger charge is 2.21. The minimum Gasteiger partial charge on any atom is -0.490 e. The molecule has 5 nitrogen and oxygen atoms in total. The molecule has 174 valence electrons. The highest BCUT2D eigenvalue weighted by Crippen LogP contribution is 2.35. The lowest BCUT2D eigenvalue weighted by molar-refractivity contribution is 0.180. The Morgan fingerprint density at radius 3 is 2.48 bits per heavy atom. The number of rotatable bonds is 8. The lowest BCUT2D eigenvalue weighted by Gasteiger charge is -2.32. The SMILES string of the molecule is O=c1ccc2cc(OC3CCCC3)c(OCCCN3CCC(c4ccccc4)CC3)cc2o1. The maximum absolute atomic E-state index is 11.7. The Morgan fingerprint density at radius 1 is 0.909 bits per heavy atom. The molecule has 2 heterocycles. The van der Waals surface area contributed by atoms with Gasteiger partial charge in [-0.3, -0.25) is 0 Å². The van der Waals surface area contributed by atoms with Gasteiger partial charge in [-0.1, -0.05) is 30.3 Å². The highest BCUT2D eigenvalue weighted by atomic mass is 16.5. The number of benzene rings is 2. The zero-order valence-corrected chi connectivity index (χ0v) is 19.2. The van der Waals surface area contributed by atoms with Crippen molar-refractivity contribution >= 4 is 11.0 Å². The fourth-order valence-corrected chi connectivity index (χ4v) is 5.15. The smallest absolute Gasteiger partial charge is 0.336 e. The summed E-state index contributed by atoms with van der Waals surface area (Å²) in [6.45, 7) is 3.92. The number of piperidine rings is 1. The van der Waals surface area contributed by atoms with E-state index in [2.05, 4.69) is 35.2 Å². The van der Waals surface area contributed by atoms with Gasteiger partial charge in [0.15, 0.2) is 11.5 Å². The molecule has 0 radical (unpaired) electrons. The van der Waals surface area contributed by atoms with E-state index in [4.69, 9.17) is 13.9 Å². The molecule has 33 heavy (non-hydrogen) atoms. The molecule has 5 heteroatoms. The maximum atomic E-state index is 11.7. The van der Waals surface area contributed by atoms with Gasteiger partial charge in [0.1, 0.15) is 5.58 Å². The maximum Gasteiger partial charge on any atom is 0.336 e. The molecule has 1 aliphatic carbocycles. The highest BCUT2D eigenvalue weighted by molar-refractivity contribution is 5.80. The minimum atomic E-state index is -0.350. The third-order valence-corrected chi connectivity index (χ3v) is 7.02. The van der Waals surface area contributed by atoms with Crippen molar-refractivity contribution in [3.63, 3.8) is 0 Å². The number of hydrogen-bond donors (Lipinski definition) is 0. The molecule has 1 saturated carbocycles. The van der Waals surface area contributed by atoms with Crippen LogP contribution in [-0.2, 0) is 0 Å². The largest absolute Gasteiger partial charge is 0.490 e. The standard InChI is InChI=1S/C28H33NO4/c30-28-12-11-23-19-27(32-24-9-4-5-10-24)26(20-25(23)33-28)31-18-6-15-29-16-13-22(14-17-29)21-7-2-1-3-8-21/h1-3,7-8,11-12,19-20,22,24H,4-6,9-10,13-18H2. The Hall–Kier alpha value is -2.79. The molecule has 2 fully saturated rings. The third-order valence-electron chi connectivity index (χ3n) is 7.02. The van der Waals surface area contributed by atoms with Gasteiger partial charge in [0.25, 0.3) is 0 Å². The van der Waals surface area contributed by atoms with Crippen LogP contribution in [0.2, 0.25) is 0 Å². The summed E-state index contributed by atoms with van der Waals surface area (Å²) in [7, 11) is 0. The van der Waals surface area contributed by atoms with E-state index in [1.54, 1.807) is 6.07 Å². The summed E-state index contributed by atoms with van der Waals surface area (Å²) in [5.41, 5.74) is 1.66. The summed E-state index contributed by atoms with van der Waals surface area (Å²) >= 11 is 0. The normalized spacial score (nSPS) is 18.1. The van der Waals surface area contributed by atoms with Crippen LogP contribution in [0.3, 0.4) is 0 Å². The van der Waals surface area contributed by atoms with Crippen LogP contribution in [0, 0.1) is 0 Å². The molecule has 1 aromatic heterocycles. The van der Waals surface area contributed by atoms with Crippen molar-refractivity contribution in [2.24, 2.45) is 0 Å². The second-order valence-electron chi connectivity index (χ2n) is 9.34. The summed E-state index contributed by atoms with van der Waals surface area (Å²) in [6.07, 6.45) is 8.22. The molecule has 1 saturated heterocycles. The number of hydrogen-bond acceptors (Lipinski definition) is 5. The zero-order chi connectivity index (χ0) is 22.5. The summed E-state index contributed by atoms with van der Waals surface area (Å²) in [5, 5.41) is 0.858. The van der Waals surface area contributed by atoms with Gasteiger partial charge < -0.3 is 18.8 Å². The Kier molecular flexibility index (Phi) is 6.96. The molecule has 0 spiro atoms. The van der Waals surface area contributed by atoms with E-state index in [0.29, 0.717) is 23.9 Å². The van der Waals surface area contributed by atoms with Crippen LogP contribution in [-0.4, -0.2) is 37.2 Å². The number of fused-ring (bicyclic) bond motifs is 1. The van der Waals surface area contributed by atoms with E-state index < -0.39 is 0 Å². The predicted octanol–water partition coefficient (Wildman–Crippen LogP) is 5.76. The van der Waals surface area contributed by atoms with Crippen molar-refractivity contribution in [3.05, 3.63) is 70.6 Å². The average molecular weight is 448 g/mol. The molecule has 0 N–H and O–H groups in total. The van der Waals surface area contributed by atoms with E-state index in [9.17, 15) is 4.79 Å². The van der Waals surface area contributed by atoms with Gasteiger partial charge in [0.05, 0.1) is 12.7 Å². The van der Waals surface area contributed by atoms with E-state index in [0.717, 1.165) is 50.0 Å². The first-order chi connectivity index (χ1) is 16.2. The van der Waals surface area contributed by atoms with Crippen LogP contribution in [0.4, 0.5) is 0 Å². The monoisotopic (exact) mass is 447 g/mol. The first kappa shape index (κ1) is 22.0. The molecule has 5 rings (SSSR count). The molecule has 0 unspecified atom stereocenters. The Morgan fingerprint density at radius 2 is 1.70 bits per heavy atom. The fraction of sp³-hybridized carbons (Fsp3) is 0.464. The minimum absolute atomic E-state index is 0.242. The molecule has 0 bridgehead atoms. The van der Waals surface area contributed by atoms with Gasteiger partial charge in [-0.25, -0.2) is 4.79 Å². The van der Waals surface area contributed by atoms with E-state index >= 15 is 0 Å². The molecule has 1 aliphatic heterocycles. The van der Waals surface area contributed by atoms with Crippen molar-refractivity contribution in [1.29, 1.82) is 0 Å². The summed E-state index contributed by atoms with van der Waals surface area (Å²) < 4.78 is 17.8. The van der Waals surface area contributed by atoms with Crippen molar-refractivity contribution < 1.29 is 13.9 Å². The predicted molar refractivity (Wildman–Crippen MR) is 130 cm³/mol. The first-order valence-corrected chi connectivity index (χ1v) is 12.4. The molecule has 3 aromatic rings. The van der Waals surface area contributed by atoms with Crippen molar-refractivity contribution in [2.75, 3.05) is 26.2 Å². The van der Waals surface area contributed by atoms with Gasteiger partial charge >= 0.3 is 5.63 Å². The number of ether oxygens (including phenoxy) is 2. The fourth-order valence-electron chi connectivity index (χ4n) is 5.15. The van der Waals surface area contributed by atoms with Gasteiger partial charge in [-0.2, -0.15) is 0 Å². The second kappa shape index (κ2) is 10.4. The average Bonchev–Trinajstić information content (AvgIpc) is 3.36. The van der Waals surface area contributed by atoms with Gasteiger partial charge in [0, 0.05) is 24.1 Å². The molecule has 2 aromatic carbocycles. The number of likely N-dealkylation sites (tertiary alicyclic amines) is 1. The van der Waals surface area contributed by atoms with Gasteiger partial charge in [-0.05, 0) is 81.6 Å². The molecular formula is C28H33NO4. The molecule has 0 atom stereocenters. The van der Waals surface area contributed by atoms with Gasteiger partial charge in [0.2, 0.25) is 0 Å². The number of nitrogens with zero attached hydrogens (tertiary/aromatic N) is 1. The quantitative estimate of drug-likeness (QED) is 0.324. The summed E-state index contributed by atoms with van der Waals surface area (Å²) in [5.74, 6) is 2.11. The molecule has 2 aliphatic rings. The van der Waals surface area contributed by atoms with E-state index in [1.165, 1.54) is 37.3 Å². The van der Waals surface area contributed by atoms with Crippen molar-refractivity contribution in [3.8, 4) is 11.5 Å². The molecule has 0 amide bonds. The third kappa shape index (κ3) is 5.59. The summed E-state index contributed by atoms with van der Waals surface area (Å²) in [4.78, 5) is 14.2. The van der Waals surface area contributed by atoms with Crippen molar-refractivity contribution in [1.82, 2.24) is 4.90 Å². The Labute approximate surface area is 195 Å². The van der Waals surface area contributed by atoms with Crippen LogP contribution < -0.4 is 15.1 Å². The van der Waals surface area contributed by atoms with E-state index in [-0.39, 0.29) is 11.7 Å². The van der Waals surface area contributed by atoms with Crippen LogP contribution in [0.1, 0.15) is 56.4 Å². The topological polar surface area (TPSA) is 51.9 Å². The van der Waals surface area contributed by atoms with Crippen molar-refractivity contribution in [2.45, 2.75) is 57.0 Å². The van der Waals surface area contributed by atoms with Crippen LogP contribution in [0.5, 0.6) is 11.5 Å². The second-order valence-corrected chi connectivity index (χ2v) is 9.34. The van der Waals surface area contributed by atoms with Gasteiger partial charge in [-0.15, -0.1) is 0 Å².